The van der Waals surface area contributed by atoms with Gasteiger partial charge in [-0.25, -0.2) is 4.79 Å². The van der Waals surface area contributed by atoms with Crippen LogP contribution in [-0.2, 0) is 16.2 Å². The number of hydroxylamine groups is 1. The molecule has 1 atom stereocenters. The van der Waals surface area contributed by atoms with Gasteiger partial charge in [0.05, 0.1) is 5.52 Å². The van der Waals surface area contributed by atoms with Crippen molar-refractivity contribution >= 4 is 23.0 Å². The molecule has 0 spiro atoms. The Bertz CT molecular complexity index is 924. The van der Waals surface area contributed by atoms with E-state index in [4.69, 9.17) is 9.57 Å². The van der Waals surface area contributed by atoms with E-state index in [0.29, 0.717) is 11.0 Å². The third kappa shape index (κ3) is 4.48. The lowest BCUT2D eigenvalue weighted by Crippen LogP contribution is -2.40. The maximum atomic E-state index is 12.8. The highest BCUT2D eigenvalue weighted by Crippen LogP contribution is 2.14. The van der Waals surface area contributed by atoms with Crippen LogP contribution < -0.4 is 5.48 Å². The van der Waals surface area contributed by atoms with Crippen LogP contribution in [0.2, 0.25) is 0 Å². The molecule has 0 saturated heterocycles. The summed E-state index contributed by atoms with van der Waals surface area (Å²) in [7, 11) is 0. The van der Waals surface area contributed by atoms with Crippen LogP contribution in [0.15, 0.2) is 54.6 Å². The minimum atomic E-state index is -0.945. The Morgan fingerprint density at radius 2 is 1.78 bits per heavy atom. The second-order valence-corrected chi connectivity index (χ2v) is 6.27. The average molecular weight is 368 g/mol. The Morgan fingerprint density at radius 1 is 1.07 bits per heavy atom. The van der Waals surface area contributed by atoms with Gasteiger partial charge in [0.25, 0.3) is 5.91 Å². The Balaban J connectivity index is 1.62. The Morgan fingerprint density at radius 3 is 2.52 bits per heavy atom. The summed E-state index contributed by atoms with van der Waals surface area (Å²) in [5.41, 5.74) is 4.20. The van der Waals surface area contributed by atoms with Crippen LogP contribution in [0, 0.1) is 5.92 Å². The first-order chi connectivity index (χ1) is 13.1. The summed E-state index contributed by atoms with van der Waals surface area (Å²) in [4.78, 5) is 30.0. The van der Waals surface area contributed by atoms with Crippen molar-refractivity contribution in [2.24, 2.45) is 5.92 Å². The molecule has 27 heavy (non-hydrogen) atoms. The SMILES string of the molecule is CC(C)[C@H](ONC(=O)OCc1ccccc1)C(=O)n1nnc2ccccc21. The Hall–Kier alpha value is -3.26. The molecule has 0 aliphatic heterocycles. The Kier molecular flexibility index (Phi) is 5.77. The summed E-state index contributed by atoms with van der Waals surface area (Å²) >= 11 is 0. The van der Waals surface area contributed by atoms with Gasteiger partial charge in [-0.1, -0.05) is 61.5 Å². The molecule has 0 radical (unpaired) electrons. The summed E-state index contributed by atoms with van der Waals surface area (Å²) in [6.07, 6.45) is -1.72. The van der Waals surface area contributed by atoms with Crippen LogP contribution in [-0.4, -0.2) is 33.1 Å². The molecule has 8 heteroatoms. The van der Waals surface area contributed by atoms with Crippen molar-refractivity contribution in [3.8, 4) is 0 Å². The molecule has 8 nitrogen and oxygen atoms in total. The fourth-order valence-electron chi connectivity index (χ4n) is 2.49. The minimum Gasteiger partial charge on any atom is -0.443 e. The normalized spacial score (nSPS) is 12.1. The quantitative estimate of drug-likeness (QED) is 0.672. The first kappa shape index (κ1) is 18.5. The number of carbonyl (C=O) groups excluding carboxylic acids is 2. The van der Waals surface area contributed by atoms with E-state index in [1.807, 2.05) is 36.4 Å². The van der Waals surface area contributed by atoms with Gasteiger partial charge in [0, 0.05) is 0 Å². The summed E-state index contributed by atoms with van der Waals surface area (Å²) in [6.45, 7) is 3.71. The number of benzene rings is 2. The molecule has 0 saturated carbocycles. The van der Waals surface area contributed by atoms with Crippen LogP contribution in [0.4, 0.5) is 4.79 Å². The van der Waals surface area contributed by atoms with Crippen LogP contribution in [0.25, 0.3) is 11.0 Å². The van der Waals surface area contributed by atoms with Gasteiger partial charge >= 0.3 is 6.09 Å². The number of amides is 1. The zero-order valence-corrected chi connectivity index (χ0v) is 15.0. The predicted molar refractivity (Wildman–Crippen MR) is 97.6 cm³/mol. The van der Waals surface area contributed by atoms with Gasteiger partial charge < -0.3 is 4.74 Å². The number of hydrogen-bond donors (Lipinski definition) is 1. The fourth-order valence-corrected chi connectivity index (χ4v) is 2.49. The summed E-state index contributed by atoms with van der Waals surface area (Å²) in [5, 5.41) is 7.86. The highest BCUT2D eigenvalue weighted by atomic mass is 16.7. The second kappa shape index (κ2) is 8.41. The fraction of sp³-hybridized carbons (Fsp3) is 0.263. The molecule has 1 N–H and O–H groups in total. The largest absolute Gasteiger partial charge is 0.443 e. The van der Waals surface area contributed by atoms with Gasteiger partial charge in [0.2, 0.25) is 0 Å². The van der Waals surface area contributed by atoms with E-state index in [1.54, 1.807) is 32.0 Å². The number of para-hydroxylation sites is 1. The molecular weight excluding hydrogens is 348 g/mol. The van der Waals surface area contributed by atoms with Crippen LogP contribution in [0.5, 0.6) is 0 Å². The highest BCUT2D eigenvalue weighted by molar-refractivity contribution is 5.91. The number of rotatable bonds is 6. The number of ether oxygens (including phenoxy) is 1. The van der Waals surface area contributed by atoms with E-state index in [-0.39, 0.29) is 12.5 Å². The lowest BCUT2D eigenvalue weighted by atomic mass is 10.1. The highest BCUT2D eigenvalue weighted by Gasteiger charge is 2.28. The molecule has 1 heterocycles. The summed E-state index contributed by atoms with van der Waals surface area (Å²) in [5.74, 6) is -0.642. The number of hydrogen-bond acceptors (Lipinski definition) is 6. The molecule has 0 unspecified atom stereocenters. The molecule has 140 valence electrons. The van der Waals surface area contributed by atoms with Crippen LogP contribution >= 0.6 is 0 Å². The van der Waals surface area contributed by atoms with Crippen LogP contribution in [0.1, 0.15) is 24.2 Å². The second-order valence-electron chi connectivity index (χ2n) is 6.27. The van der Waals surface area contributed by atoms with Gasteiger partial charge in [0.15, 0.2) is 6.10 Å². The topological polar surface area (TPSA) is 95.3 Å². The standard InChI is InChI=1S/C19H20N4O4/c1-13(2)17(18(24)23-16-11-7-6-10-15(16)20-22-23)27-21-19(25)26-12-14-8-4-3-5-9-14/h3-11,13,17H,12H2,1-2H3,(H,21,25)/t17-/m0/s1. The molecule has 1 amide bonds. The van der Waals surface area contributed by atoms with Crippen molar-refractivity contribution in [1.82, 2.24) is 20.5 Å². The monoisotopic (exact) mass is 368 g/mol. The van der Waals surface area contributed by atoms with Gasteiger partial charge in [-0.3, -0.25) is 9.63 Å². The van der Waals surface area contributed by atoms with E-state index in [0.717, 1.165) is 5.56 Å². The first-order valence-corrected chi connectivity index (χ1v) is 8.53. The van der Waals surface area contributed by atoms with Crippen molar-refractivity contribution in [3.05, 3.63) is 60.2 Å². The molecule has 0 fully saturated rings. The third-order valence-electron chi connectivity index (χ3n) is 3.89. The molecule has 3 rings (SSSR count). The molecule has 3 aromatic rings. The zero-order valence-electron chi connectivity index (χ0n) is 15.0. The number of nitrogens with zero attached hydrogens (tertiary/aromatic N) is 3. The number of carbonyl (C=O) groups is 2. The van der Waals surface area contributed by atoms with Gasteiger partial charge in [0.1, 0.15) is 12.1 Å². The first-order valence-electron chi connectivity index (χ1n) is 8.53. The molecular formula is C19H20N4O4. The smallest absolute Gasteiger partial charge is 0.431 e. The maximum Gasteiger partial charge on any atom is 0.431 e. The molecule has 0 bridgehead atoms. The molecule has 2 aromatic carbocycles. The lowest BCUT2D eigenvalue weighted by molar-refractivity contribution is -0.0358. The zero-order chi connectivity index (χ0) is 19.2. The summed E-state index contributed by atoms with van der Waals surface area (Å²) in [6, 6.07) is 16.4. The van der Waals surface area contributed by atoms with Gasteiger partial charge in [-0.15, -0.1) is 5.10 Å². The van der Waals surface area contributed by atoms with Crippen molar-refractivity contribution in [3.63, 3.8) is 0 Å². The predicted octanol–water partition coefficient (Wildman–Crippen LogP) is 2.95. The van der Waals surface area contributed by atoms with Crippen LogP contribution in [0.3, 0.4) is 0 Å². The molecule has 0 aliphatic rings. The maximum absolute atomic E-state index is 12.8. The number of fused-ring (bicyclic) bond motifs is 1. The van der Waals surface area contributed by atoms with Crippen molar-refractivity contribution in [1.29, 1.82) is 0 Å². The summed E-state index contributed by atoms with van der Waals surface area (Å²) < 4.78 is 6.26. The van der Waals surface area contributed by atoms with E-state index in [9.17, 15) is 9.59 Å². The minimum absolute atomic E-state index is 0.101. The van der Waals surface area contributed by atoms with E-state index in [2.05, 4.69) is 15.8 Å². The van der Waals surface area contributed by atoms with Gasteiger partial charge in [-0.2, -0.15) is 10.2 Å². The molecule has 0 aliphatic carbocycles. The Labute approximate surface area is 156 Å². The third-order valence-corrected chi connectivity index (χ3v) is 3.89. The van der Waals surface area contributed by atoms with E-state index >= 15 is 0 Å². The van der Waals surface area contributed by atoms with Crippen molar-refractivity contribution in [2.45, 2.75) is 26.6 Å². The average Bonchev–Trinajstić information content (AvgIpc) is 3.11. The number of nitrogens with one attached hydrogen (secondary N) is 1. The van der Waals surface area contributed by atoms with E-state index in [1.165, 1.54) is 4.68 Å². The van der Waals surface area contributed by atoms with Crippen molar-refractivity contribution in [2.75, 3.05) is 0 Å². The molecule has 1 aromatic heterocycles. The van der Waals surface area contributed by atoms with E-state index < -0.39 is 18.1 Å². The van der Waals surface area contributed by atoms with Gasteiger partial charge in [-0.05, 0) is 23.6 Å². The van der Waals surface area contributed by atoms with Crippen molar-refractivity contribution < 1.29 is 19.2 Å². The number of aromatic nitrogens is 3. The lowest BCUT2D eigenvalue weighted by Gasteiger charge is -2.19.